The number of nitrogens with two attached hydrogens (primary N) is 1. The van der Waals surface area contributed by atoms with Crippen LogP contribution in [-0.4, -0.2) is 35.4 Å². The number of nitrogen functional groups attached to an aromatic ring is 1. The summed E-state index contributed by atoms with van der Waals surface area (Å²) in [5.74, 6) is 0.0648. The molecule has 1 aliphatic heterocycles. The van der Waals surface area contributed by atoms with Gasteiger partial charge in [-0.1, -0.05) is 24.3 Å². The van der Waals surface area contributed by atoms with Gasteiger partial charge in [0.15, 0.2) is 11.5 Å². The Balaban J connectivity index is 1.46. The van der Waals surface area contributed by atoms with Crippen LogP contribution in [0.4, 0.5) is 16.0 Å². The predicted molar refractivity (Wildman–Crippen MR) is 136 cm³/mol. The lowest BCUT2D eigenvalue weighted by atomic mass is 9.77. The van der Waals surface area contributed by atoms with Crippen LogP contribution >= 0.6 is 0 Å². The summed E-state index contributed by atoms with van der Waals surface area (Å²) in [5.41, 5.74) is 9.35. The number of fused-ring (bicyclic) bond motifs is 2. The van der Waals surface area contributed by atoms with Crippen molar-refractivity contribution in [2.75, 3.05) is 11.1 Å². The molecular weight excluding hydrogens is 473 g/mol. The van der Waals surface area contributed by atoms with Gasteiger partial charge in [0.05, 0.1) is 11.3 Å². The number of aromatic hydroxyl groups is 1. The number of anilines is 2. The molecule has 1 aliphatic rings. The third-order valence-corrected chi connectivity index (χ3v) is 6.84. The second-order valence-corrected chi connectivity index (χ2v) is 9.27. The molecule has 10 heteroatoms. The zero-order valence-electron chi connectivity index (χ0n) is 20.0. The van der Waals surface area contributed by atoms with E-state index in [2.05, 4.69) is 20.3 Å². The zero-order chi connectivity index (χ0) is 25.9. The summed E-state index contributed by atoms with van der Waals surface area (Å²) in [5, 5.41) is 13.1. The van der Waals surface area contributed by atoms with Gasteiger partial charge in [-0.15, -0.1) is 0 Å². The second-order valence-electron chi connectivity index (χ2n) is 9.27. The maximum absolute atomic E-state index is 13.8. The predicted octanol–water partition coefficient (Wildman–Crippen LogP) is 3.77. The van der Waals surface area contributed by atoms with E-state index in [1.54, 1.807) is 61.1 Å². The second kappa shape index (κ2) is 8.09. The Morgan fingerprint density at radius 1 is 1.16 bits per heavy atom. The van der Waals surface area contributed by atoms with E-state index in [0.29, 0.717) is 40.1 Å². The molecule has 0 saturated heterocycles. The normalized spacial score (nSPS) is 16.7. The molecule has 0 saturated carbocycles. The minimum absolute atomic E-state index is 0.0831. The highest BCUT2D eigenvalue weighted by molar-refractivity contribution is 6.09. The number of carbonyl (C=O) groups excluding carboxylic acids is 1. The molecule has 37 heavy (non-hydrogen) atoms. The Morgan fingerprint density at radius 2 is 2.00 bits per heavy atom. The van der Waals surface area contributed by atoms with Gasteiger partial charge in [0.25, 0.3) is 0 Å². The molecule has 2 aromatic carbocycles. The molecule has 3 aromatic heterocycles. The standard InChI is InChI=1S/C27H22FN7O2/c1-14-6-7-16(12-20(14)36)27(2)21-22(29)32-23(33-24(21)34-26(27)37)19-13-35-9-8-30-25(35)18(31-19)11-15-4-3-5-17(28)10-15/h3-10,12-13,36H,11H2,1-2H3,(H3,29,32,33,34,37). The summed E-state index contributed by atoms with van der Waals surface area (Å²) in [4.78, 5) is 31.5. The number of aryl methyl sites for hydroxylation is 1. The first-order valence-electron chi connectivity index (χ1n) is 11.6. The van der Waals surface area contributed by atoms with E-state index in [0.717, 1.165) is 5.56 Å². The van der Waals surface area contributed by atoms with Gasteiger partial charge in [-0.25, -0.2) is 24.3 Å². The quantitative estimate of drug-likeness (QED) is 0.346. The van der Waals surface area contributed by atoms with Gasteiger partial charge >= 0.3 is 0 Å². The van der Waals surface area contributed by atoms with E-state index < -0.39 is 5.41 Å². The van der Waals surface area contributed by atoms with Crippen LogP contribution in [0, 0.1) is 12.7 Å². The number of halogens is 1. The summed E-state index contributed by atoms with van der Waals surface area (Å²) >= 11 is 0. The third kappa shape index (κ3) is 3.56. The van der Waals surface area contributed by atoms with Crippen molar-refractivity contribution in [3.63, 3.8) is 0 Å². The van der Waals surface area contributed by atoms with Crippen LogP contribution in [-0.2, 0) is 16.6 Å². The SMILES string of the molecule is Cc1ccc(C2(C)C(=O)Nc3nc(-c4cn5ccnc5c(Cc5cccc(F)c5)n4)nc(N)c32)cc1O. The number of amides is 1. The van der Waals surface area contributed by atoms with Gasteiger partial charge in [-0.05, 0) is 48.7 Å². The molecule has 4 N–H and O–H groups in total. The van der Waals surface area contributed by atoms with Gasteiger partial charge in [0, 0.05) is 25.0 Å². The number of rotatable bonds is 4. The Hall–Kier alpha value is -4.86. The van der Waals surface area contributed by atoms with Crippen molar-refractivity contribution in [2.45, 2.75) is 25.7 Å². The van der Waals surface area contributed by atoms with Crippen molar-refractivity contribution < 1.29 is 14.3 Å². The lowest BCUT2D eigenvalue weighted by Crippen LogP contribution is -2.33. The van der Waals surface area contributed by atoms with E-state index in [1.165, 1.54) is 12.1 Å². The molecule has 4 heterocycles. The smallest absolute Gasteiger partial charge is 0.240 e. The van der Waals surface area contributed by atoms with Crippen LogP contribution < -0.4 is 11.1 Å². The molecular formula is C27H22FN7O2. The number of benzene rings is 2. The molecule has 0 fully saturated rings. The Bertz CT molecular complexity index is 1730. The van der Waals surface area contributed by atoms with E-state index in [1.807, 2.05) is 6.07 Å². The van der Waals surface area contributed by atoms with E-state index in [4.69, 9.17) is 10.7 Å². The van der Waals surface area contributed by atoms with E-state index in [-0.39, 0.29) is 34.9 Å². The van der Waals surface area contributed by atoms with Crippen LogP contribution in [0.3, 0.4) is 0 Å². The summed E-state index contributed by atoms with van der Waals surface area (Å²) in [6, 6.07) is 11.4. The van der Waals surface area contributed by atoms with Crippen molar-refractivity contribution in [2.24, 2.45) is 0 Å². The molecule has 5 aromatic rings. The fourth-order valence-corrected chi connectivity index (χ4v) is 4.78. The fraction of sp³-hybridized carbons (Fsp3) is 0.148. The molecule has 0 bridgehead atoms. The molecule has 6 rings (SSSR count). The zero-order valence-corrected chi connectivity index (χ0v) is 20.0. The van der Waals surface area contributed by atoms with Gasteiger partial charge in [0.1, 0.15) is 34.3 Å². The molecule has 0 aliphatic carbocycles. The summed E-state index contributed by atoms with van der Waals surface area (Å²) < 4.78 is 15.6. The summed E-state index contributed by atoms with van der Waals surface area (Å²) in [6.07, 6.45) is 5.50. The number of imidazole rings is 1. The first kappa shape index (κ1) is 22.6. The molecule has 0 radical (unpaired) electrons. The third-order valence-electron chi connectivity index (χ3n) is 6.84. The lowest BCUT2D eigenvalue weighted by molar-refractivity contribution is -0.119. The number of phenols is 1. The Kier molecular flexibility index (Phi) is 4.94. The monoisotopic (exact) mass is 495 g/mol. The highest BCUT2D eigenvalue weighted by atomic mass is 19.1. The Labute approximate surface area is 210 Å². The molecule has 184 valence electrons. The Morgan fingerprint density at radius 3 is 2.78 bits per heavy atom. The van der Waals surface area contributed by atoms with Gasteiger partial charge < -0.3 is 20.6 Å². The van der Waals surface area contributed by atoms with Crippen LogP contribution in [0.5, 0.6) is 5.75 Å². The number of hydrogen-bond donors (Lipinski definition) is 3. The van der Waals surface area contributed by atoms with Crippen LogP contribution in [0.25, 0.3) is 17.2 Å². The molecule has 1 unspecified atom stereocenters. The van der Waals surface area contributed by atoms with Crippen LogP contribution in [0.2, 0.25) is 0 Å². The average molecular weight is 496 g/mol. The topological polar surface area (TPSA) is 131 Å². The molecule has 1 atom stereocenters. The summed E-state index contributed by atoms with van der Waals surface area (Å²) in [6.45, 7) is 3.51. The maximum atomic E-state index is 13.8. The molecule has 0 spiro atoms. The average Bonchev–Trinajstić information content (AvgIpc) is 3.44. The molecule has 1 amide bonds. The van der Waals surface area contributed by atoms with Crippen molar-refractivity contribution in [1.29, 1.82) is 0 Å². The number of carbonyl (C=O) groups is 1. The van der Waals surface area contributed by atoms with Crippen molar-refractivity contribution in [1.82, 2.24) is 24.3 Å². The van der Waals surface area contributed by atoms with Crippen molar-refractivity contribution in [3.05, 3.63) is 94.8 Å². The lowest BCUT2D eigenvalue weighted by Gasteiger charge is -2.24. The van der Waals surface area contributed by atoms with E-state index >= 15 is 0 Å². The highest BCUT2D eigenvalue weighted by Crippen LogP contribution is 2.45. The minimum Gasteiger partial charge on any atom is -0.508 e. The van der Waals surface area contributed by atoms with Crippen molar-refractivity contribution >= 4 is 23.2 Å². The highest BCUT2D eigenvalue weighted by Gasteiger charge is 2.47. The summed E-state index contributed by atoms with van der Waals surface area (Å²) in [7, 11) is 0. The van der Waals surface area contributed by atoms with Gasteiger partial charge in [0.2, 0.25) is 5.91 Å². The maximum Gasteiger partial charge on any atom is 0.240 e. The van der Waals surface area contributed by atoms with Gasteiger partial charge in [-0.3, -0.25) is 4.79 Å². The minimum atomic E-state index is -1.19. The fourth-order valence-electron chi connectivity index (χ4n) is 4.78. The van der Waals surface area contributed by atoms with E-state index in [9.17, 15) is 14.3 Å². The largest absolute Gasteiger partial charge is 0.508 e. The number of aromatic nitrogens is 5. The first-order chi connectivity index (χ1) is 17.7. The number of phenolic OH excluding ortho intramolecular Hbond substituents is 1. The first-order valence-corrected chi connectivity index (χ1v) is 11.6. The number of nitrogens with one attached hydrogen (secondary N) is 1. The van der Waals surface area contributed by atoms with Crippen LogP contribution in [0.1, 0.15) is 34.9 Å². The van der Waals surface area contributed by atoms with Crippen molar-refractivity contribution in [3.8, 4) is 17.3 Å². The van der Waals surface area contributed by atoms with Gasteiger partial charge in [-0.2, -0.15) is 0 Å². The number of nitrogens with zero attached hydrogens (tertiary/aromatic N) is 5. The number of hydrogen-bond acceptors (Lipinski definition) is 7. The molecule has 9 nitrogen and oxygen atoms in total. The van der Waals surface area contributed by atoms with Crippen LogP contribution in [0.15, 0.2) is 61.1 Å².